The Morgan fingerprint density at radius 3 is 2.44 bits per heavy atom. The predicted molar refractivity (Wildman–Crippen MR) is 146 cm³/mol. The summed E-state index contributed by atoms with van der Waals surface area (Å²) in [5, 5.41) is 2.65. The van der Waals surface area contributed by atoms with Crippen LogP contribution in [-0.4, -0.2) is 44.2 Å². The third-order valence-corrected chi connectivity index (χ3v) is 13.5. The molecule has 6 nitrogen and oxygen atoms in total. The minimum Gasteiger partial charge on any atom is -0.493 e. The molecule has 226 valence electrons. The molecule has 0 saturated carbocycles. The van der Waals surface area contributed by atoms with E-state index >= 15 is 0 Å². The number of methoxy groups -OCH3 is 1. The van der Waals surface area contributed by atoms with Crippen LogP contribution in [-0.2, 0) is 20.4 Å². The van der Waals surface area contributed by atoms with Gasteiger partial charge in [0.15, 0.2) is 25.5 Å². The Labute approximate surface area is 238 Å². The molecule has 2 aliphatic rings. The molecule has 1 N–H and O–H groups in total. The van der Waals surface area contributed by atoms with Crippen LogP contribution in [0.3, 0.4) is 0 Å². The average Bonchev–Trinajstić information content (AvgIpc) is 3.37. The van der Waals surface area contributed by atoms with Crippen LogP contribution in [0.5, 0.6) is 5.75 Å². The molecule has 1 fully saturated rings. The first-order valence-electron chi connectivity index (χ1n) is 13.6. The molecule has 1 aliphatic carbocycles. The number of pyridine rings is 1. The molecule has 1 aliphatic heterocycles. The van der Waals surface area contributed by atoms with Crippen LogP contribution < -0.4 is 10.1 Å². The van der Waals surface area contributed by atoms with Crippen molar-refractivity contribution in [2.45, 2.75) is 95.5 Å². The van der Waals surface area contributed by atoms with Gasteiger partial charge in [0.2, 0.25) is 5.82 Å². The lowest BCUT2D eigenvalue weighted by Crippen LogP contribution is -2.47. The van der Waals surface area contributed by atoms with Crippen molar-refractivity contribution in [3.63, 3.8) is 0 Å². The largest absolute Gasteiger partial charge is 0.493 e. The van der Waals surface area contributed by atoms with E-state index in [2.05, 4.69) is 44.2 Å². The van der Waals surface area contributed by atoms with Gasteiger partial charge < -0.3 is 19.2 Å². The second-order valence-electron chi connectivity index (χ2n) is 12.6. The maximum atomic E-state index is 14.6. The standard InChI is InChI=1S/C29H37F5N2O4Si/c1-15-21(18-10-11-19(30)22(31)24(18)38-6)25(39-28(15,5)29(32,33)34)26(37)36-17-13-16-9-12-20(23(16)35-14-17)40-41(7,8)27(2,3)4/h10-11,13-15,20-21,25H,9,12H2,1-8H3,(H,36,37). The van der Waals surface area contributed by atoms with Crippen LogP contribution in [0, 0.1) is 17.6 Å². The zero-order chi connectivity index (χ0) is 30.7. The van der Waals surface area contributed by atoms with Crippen LogP contribution in [0.25, 0.3) is 0 Å². The number of nitrogens with zero attached hydrogens (tertiary/aromatic N) is 1. The number of carbonyl (C=O) groups is 1. The summed E-state index contributed by atoms with van der Waals surface area (Å²) in [7, 11) is -0.984. The lowest BCUT2D eigenvalue weighted by atomic mass is 9.77. The molecule has 1 amide bonds. The van der Waals surface area contributed by atoms with Crippen LogP contribution in [0.15, 0.2) is 24.4 Å². The summed E-state index contributed by atoms with van der Waals surface area (Å²) in [6.45, 7) is 12.9. The quantitative estimate of drug-likeness (QED) is 0.276. The summed E-state index contributed by atoms with van der Waals surface area (Å²) < 4.78 is 88.2. The molecule has 0 radical (unpaired) electrons. The molecule has 41 heavy (non-hydrogen) atoms. The van der Waals surface area contributed by atoms with Crippen molar-refractivity contribution >= 4 is 19.9 Å². The molecule has 0 bridgehead atoms. The first-order valence-corrected chi connectivity index (χ1v) is 16.5. The number of rotatable bonds is 6. The van der Waals surface area contributed by atoms with Gasteiger partial charge in [0.05, 0.1) is 30.8 Å². The number of halogens is 5. The molecule has 1 aromatic carbocycles. The molecular weight excluding hydrogens is 563 g/mol. The molecular formula is C29H37F5N2O4Si. The van der Waals surface area contributed by atoms with Gasteiger partial charge in [-0.05, 0) is 55.6 Å². The van der Waals surface area contributed by atoms with E-state index in [1.165, 1.54) is 13.1 Å². The number of aryl methyl sites for hydroxylation is 1. The molecule has 0 spiro atoms. The molecule has 1 saturated heterocycles. The maximum absolute atomic E-state index is 14.6. The molecule has 4 rings (SSSR count). The lowest BCUT2D eigenvalue weighted by Gasteiger charge is -2.38. The number of anilines is 1. The second-order valence-corrected chi connectivity index (χ2v) is 17.4. The highest BCUT2D eigenvalue weighted by Crippen LogP contribution is 2.55. The van der Waals surface area contributed by atoms with Gasteiger partial charge >= 0.3 is 6.18 Å². The average molecular weight is 601 g/mol. The van der Waals surface area contributed by atoms with Crippen molar-refractivity contribution in [1.82, 2.24) is 4.98 Å². The van der Waals surface area contributed by atoms with Gasteiger partial charge in [0.1, 0.15) is 6.10 Å². The summed E-state index contributed by atoms with van der Waals surface area (Å²) in [5.41, 5.74) is -0.877. The number of fused-ring (bicyclic) bond motifs is 1. The fourth-order valence-electron chi connectivity index (χ4n) is 5.40. The third-order valence-electron chi connectivity index (χ3n) is 9.06. The molecule has 5 unspecified atom stereocenters. The number of aromatic nitrogens is 1. The third kappa shape index (κ3) is 5.50. The van der Waals surface area contributed by atoms with Crippen LogP contribution >= 0.6 is 0 Å². The highest BCUT2D eigenvalue weighted by Gasteiger charge is 2.66. The van der Waals surface area contributed by atoms with Crippen LogP contribution in [0.1, 0.15) is 69.9 Å². The van der Waals surface area contributed by atoms with Gasteiger partial charge in [0.25, 0.3) is 5.91 Å². The molecule has 2 heterocycles. The zero-order valence-corrected chi connectivity index (χ0v) is 25.5. The van der Waals surface area contributed by atoms with E-state index in [9.17, 15) is 26.7 Å². The Morgan fingerprint density at radius 1 is 1.20 bits per heavy atom. The SMILES string of the molecule is COc1c(C2C(C(=O)Nc3cnc4c(c3)CCC4O[Si](C)(C)C(C)(C)C)OC(C)(C(F)(F)F)C2C)ccc(F)c1F. The Balaban J connectivity index is 1.64. The van der Waals surface area contributed by atoms with Gasteiger partial charge in [-0.3, -0.25) is 9.78 Å². The van der Waals surface area contributed by atoms with Crippen molar-refractivity contribution in [3.8, 4) is 5.75 Å². The van der Waals surface area contributed by atoms with Gasteiger partial charge in [-0.1, -0.05) is 33.8 Å². The van der Waals surface area contributed by atoms with Crippen molar-refractivity contribution < 1.29 is 40.6 Å². The fourth-order valence-corrected chi connectivity index (χ4v) is 6.70. The maximum Gasteiger partial charge on any atom is 0.417 e. The summed E-state index contributed by atoms with van der Waals surface area (Å²) in [6.07, 6.45) is -3.86. The van der Waals surface area contributed by atoms with Crippen LogP contribution in [0.4, 0.5) is 27.6 Å². The second kappa shape index (κ2) is 10.6. The number of hydrogen-bond donors (Lipinski definition) is 1. The van der Waals surface area contributed by atoms with E-state index in [-0.39, 0.29) is 22.4 Å². The summed E-state index contributed by atoms with van der Waals surface area (Å²) >= 11 is 0. The summed E-state index contributed by atoms with van der Waals surface area (Å²) in [4.78, 5) is 18.1. The van der Waals surface area contributed by atoms with E-state index in [1.54, 1.807) is 6.07 Å². The number of alkyl halides is 3. The summed E-state index contributed by atoms with van der Waals surface area (Å²) in [5.74, 6) is -6.65. The first kappa shape index (κ1) is 31.4. The number of benzene rings is 1. The Bertz CT molecular complexity index is 1330. The molecule has 1 aromatic heterocycles. The van der Waals surface area contributed by atoms with Crippen LogP contribution in [0.2, 0.25) is 18.1 Å². The Morgan fingerprint density at radius 2 is 1.85 bits per heavy atom. The smallest absolute Gasteiger partial charge is 0.417 e. The van der Waals surface area contributed by atoms with Crippen molar-refractivity contribution in [3.05, 3.63) is 52.9 Å². The monoisotopic (exact) mass is 600 g/mol. The molecule has 12 heteroatoms. The van der Waals surface area contributed by atoms with Gasteiger partial charge in [-0.2, -0.15) is 17.6 Å². The van der Waals surface area contributed by atoms with E-state index in [4.69, 9.17) is 13.9 Å². The van der Waals surface area contributed by atoms with Gasteiger partial charge in [0, 0.05) is 17.4 Å². The zero-order valence-electron chi connectivity index (χ0n) is 24.5. The summed E-state index contributed by atoms with van der Waals surface area (Å²) in [6, 6.07) is 3.66. The van der Waals surface area contributed by atoms with Crippen molar-refractivity contribution in [1.29, 1.82) is 0 Å². The number of nitrogens with one attached hydrogen (secondary N) is 1. The van der Waals surface area contributed by atoms with E-state index in [0.29, 0.717) is 6.42 Å². The number of ether oxygens (including phenoxy) is 2. The normalized spacial score (nSPS) is 26.7. The van der Waals surface area contributed by atoms with Gasteiger partial charge in [-0.15, -0.1) is 0 Å². The number of carbonyl (C=O) groups excluding carboxylic acids is 1. The fraction of sp³-hybridized carbons (Fsp3) is 0.586. The van der Waals surface area contributed by atoms with Crippen molar-refractivity contribution in [2.75, 3.05) is 12.4 Å². The molecule has 2 aromatic rings. The highest BCUT2D eigenvalue weighted by atomic mass is 28.4. The van der Waals surface area contributed by atoms with Gasteiger partial charge in [-0.25, -0.2) is 4.39 Å². The molecule has 5 atom stereocenters. The van der Waals surface area contributed by atoms with E-state index in [0.717, 1.165) is 43.8 Å². The highest BCUT2D eigenvalue weighted by molar-refractivity contribution is 6.74. The minimum absolute atomic E-state index is 0.0136. The number of hydrogen-bond acceptors (Lipinski definition) is 5. The number of amides is 1. The van der Waals surface area contributed by atoms with E-state index in [1.807, 2.05) is 0 Å². The Hall–Kier alpha value is -2.57. The topological polar surface area (TPSA) is 69.7 Å². The van der Waals surface area contributed by atoms with Crippen molar-refractivity contribution in [2.24, 2.45) is 5.92 Å². The lowest BCUT2D eigenvalue weighted by molar-refractivity contribution is -0.272. The predicted octanol–water partition coefficient (Wildman–Crippen LogP) is 7.46. The minimum atomic E-state index is -4.85. The Kier molecular flexibility index (Phi) is 8.11. The first-order chi connectivity index (χ1) is 18.8. The van der Waals surface area contributed by atoms with E-state index < -0.39 is 61.3 Å².